The van der Waals surface area contributed by atoms with E-state index in [9.17, 15) is 9.90 Å². The van der Waals surface area contributed by atoms with Gasteiger partial charge in [0.1, 0.15) is 4.83 Å². The van der Waals surface area contributed by atoms with Crippen molar-refractivity contribution >= 4 is 27.5 Å². The summed E-state index contributed by atoms with van der Waals surface area (Å²) in [7, 11) is 0. The zero-order valence-corrected chi connectivity index (χ0v) is 16.6. The number of carbonyl (C=O) groups is 1. The summed E-state index contributed by atoms with van der Waals surface area (Å²) in [4.78, 5) is 20.9. The van der Waals surface area contributed by atoms with Crippen LogP contribution in [0, 0.1) is 0 Å². The molecule has 0 saturated heterocycles. The van der Waals surface area contributed by atoms with Crippen molar-refractivity contribution in [2.75, 3.05) is 19.6 Å². The van der Waals surface area contributed by atoms with Gasteiger partial charge in [-0.25, -0.2) is 4.98 Å². The highest BCUT2D eigenvalue weighted by Gasteiger charge is 2.18. The molecule has 146 valence electrons. The molecule has 28 heavy (non-hydrogen) atoms. The molecule has 0 saturated carbocycles. The fourth-order valence-electron chi connectivity index (χ4n) is 3.68. The second-order valence-corrected chi connectivity index (χ2v) is 8.44. The molecular formula is C22H25N3O2S. The molecule has 0 fully saturated rings. The Morgan fingerprint density at radius 1 is 1.25 bits per heavy atom. The number of fused-ring (bicyclic) bond motifs is 2. The molecular weight excluding hydrogens is 370 g/mol. The number of aliphatic hydroxyl groups is 1. The first kappa shape index (κ1) is 19.1. The first-order chi connectivity index (χ1) is 13.7. The number of β-amino-alcohol motifs (C(OH)–C–C–N with tert-alkyl or cyclic N) is 1. The minimum absolute atomic E-state index is 0.0199. The van der Waals surface area contributed by atoms with Crippen LogP contribution in [0.5, 0.6) is 0 Å². The predicted molar refractivity (Wildman–Crippen MR) is 112 cm³/mol. The first-order valence-corrected chi connectivity index (χ1v) is 10.6. The van der Waals surface area contributed by atoms with Gasteiger partial charge in [-0.15, -0.1) is 11.3 Å². The standard InChI is InChI=1S/C22H25N3O2S/c26-19(15-25-11-9-16-4-1-2-5-18(16)14-25)13-24-21(27)8-7-20-12-17-6-3-10-23-22(17)28-20/h1-6,10,12,19,26H,7-9,11,13-15H2,(H,24,27). The van der Waals surface area contributed by atoms with Gasteiger partial charge in [0.2, 0.25) is 5.91 Å². The van der Waals surface area contributed by atoms with Gasteiger partial charge >= 0.3 is 0 Å². The lowest BCUT2D eigenvalue weighted by molar-refractivity contribution is -0.121. The molecule has 5 nitrogen and oxygen atoms in total. The molecule has 1 aliphatic rings. The molecule has 0 bridgehead atoms. The molecule has 1 unspecified atom stereocenters. The summed E-state index contributed by atoms with van der Waals surface area (Å²) >= 11 is 1.63. The average molecular weight is 396 g/mol. The number of aliphatic hydroxyl groups excluding tert-OH is 1. The Bertz CT molecular complexity index is 923. The van der Waals surface area contributed by atoms with E-state index in [1.165, 1.54) is 11.1 Å². The summed E-state index contributed by atoms with van der Waals surface area (Å²) < 4.78 is 0. The predicted octanol–water partition coefficient (Wildman–Crippen LogP) is 2.76. The van der Waals surface area contributed by atoms with Gasteiger partial charge in [-0.05, 0) is 36.1 Å². The van der Waals surface area contributed by atoms with Crippen LogP contribution >= 0.6 is 11.3 Å². The summed E-state index contributed by atoms with van der Waals surface area (Å²) in [5, 5.41) is 14.3. The van der Waals surface area contributed by atoms with Crippen molar-refractivity contribution in [1.29, 1.82) is 0 Å². The SMILES string of the molecule is O=C(CCc1cc2cccnc2s1)NCC(O)CN1CCc2ccccc2C1. The molecule has 1 aromatic carbocycles. The van der Waals surface area contributed by atoms with Gasteiger partial charge < -0.3 is 10.4 Å². The number of pyridine rings is 1. The maximum Gasteiger partial charge on any atom is 0.220 e. The Labute approximate surface area is 169 Å². The topological polar surface area (TPSA) is 65.5 Å². The van der Waals surface area contributed by atoms with E-state index in [1.54, 1.807) is 17.5 Å². The quantitative estimate of drug-likeness (QED) is 0.646. The van der Waals surface area contributed by atoms with Crippen molar-refractivity contribution in [3.8, 4) is 0 Å². The number of hydrogen-bond acceptors (Lipinski definition) is 5. The van der Waals surface area contributed by atoms with Crippen LogP contribution in [0.3, 0.4) is 0 Å². The fraction of sp³-hybridized carbons (Fsp3) is 0.364. The molecule has 0 spiro atoms. The number of aryl methyl sites for hydroxylation is 1. The van der Waals surface area contributed by atoms with Crippen LogP contribution in [0.15, 0.2) is 48.7 Å². The van der Waals surface area contributed by atoms with Crippen LogP contribution < -0.4 is 5.32 Å². The number of aromatic nitrogens is 1. The Hall–Kier alpha value is -2.28. The minimum Gasteiger partial charge on any atom is -0.390 e. The fourth-order valence-corrected chi connectivity index (χ4v) is 4.67. The van der Waals surface area contributed by atoms with Gasteiger partial charge in [0.25, 0.3) is 0 Å². The van der Waals surface area contributed by atoms with Crippen molar-refractivity contribution in [2.24, 2.45) is 0 Å². The molecule has 1 amide bonds. The Kier molecular flexibility index (Phi) is 6.00. The second-order valence-electron chi connectivity index (χ2n) is 7.32. The molecule has 6 heteroatoms. The number of hydrogen-bond donors (Lipinski definition) is 2. The maximum atomic E-state index is 12.1. The van der Waals surface area contributed by atoms with Crippen molar-refractivity contribution in [3.63, 3.8) is 0 Å². The van der Waals surface area contributed by atoms with Crippen molar-refractivity contribution in [3.05, 3.63) is 64.7 Å². The lowest BCUT2D eigenvalue weighted by Gasteiger charge is -2.30. The van der Waals surface area contributed by atoms with Gasteiger partial charge in [0.15, 0.2) is 0 Å². The van der Waals surface area contributed by atoms with E-state index >= 15 is 0 Å². The number of rotatable bonds is 7. The molecule has 1 aliphatic heterocycles. The van der Waals surface area contributed by atoms with Gasteiger partial charge in [-0.2, -0.15) is 0 Å². The molecule has 2 aromatic heterocycles. The number of amides is 1. The van der Waals surface area contributed by atoms with E-state index in [4.69, 9.17) is 0 Å². The summed E-state index contributed by atoms with van der Waals surface area (Å²) in [6.07, 6.45) is 3.38. The van der Waals surface area contributed by atoms with Crippen LogP contribution in [-0.2, 0) is 24.2 Å². The number of thiophene rings is 1. The molecule has 3 heterocycles. The van der Waals surface area contributed by atoms with Crippen LogP contribution in [0.1, 0.15) is 22.4 Å². The lowest BCUT2D eigenvalue weighted by atomic mass is 10.00. The van der Waals surface area contributed by atoms with Gasteiger partial charge in [-0.3, -0.25) is 9.69 Å². The first-order valence-electron chi connectivity index (χ1n) is 9.75. The average Bonchev–Trinajstić information content (AvgIpc) is 3.14. The minimum atomic E-state index is -0.553. The van der Waals surface area contributed by atoms with Crippen molar-refractivity contribution in [2.45, 2.75) is 31.9 Å². The Balaban J connectivity index is 1.19. The van der Waals surface area contributed by atoms with Gasteiger partial charge in [-0.1, -0.05) is 30.3 Å². The van der Waals surface area contributed by atoms with Crippen molar-refractivity contribution in [1.82, 2.24) is 15.2 Å². The lowest BCUT2D eigenvalue weighted by Crippen LogP contribution is -2.42. The highest BCUT2D eigenvalue weighted by Crippen LogP contribution is 2.24. The molecule has 4 rings (SSSR count). The normalized spacial score (nSPS) is 15.3. The molecule has 0 radical (unpaired) electrons. The largest absolute Gasteiger partial charge is 0.390 e. The Morgan fingerprint density at radius 2 is 2.11 bits per heavy atom. The maximum absolute atomic E-state index is 12.1. The van der Waals surface area contributed by atoms with Crippen molar-refractivity contribution < 1.29 is 9.90 Å². The Morgan fingerprint density at radius 3 is 2.96 bits per heavy atom. The summed E-state index contributed by atoms with van der Waals surface area (Å²) in [6, 6.07) is 14.5. The number of nitrogens with one attached hydrogen (secondary N) is 1. The van der Waals surface area contributed by atoms with Crippen LogP contribution in [0.25, 0.3) is 10.2 Å². The molecule has 1 atom stereocenters. The number of nitrogens with zero attached hydrogens (tertiary/aromatic N) is 2. The highest BCUT2D eigenvalue weighted by atomic mass is 32.1. The molecule has 0 aliphatic carbocycles. The van der Waals surface area contributed by atoms with E-state index in [2.05, 4.69) is 45.5 Å². The molecule has 3 aromatic rings. The monoisotopic (exact) mass is 395 g/mol. The summed E-state index contributed by atoms with van der Waals surface area (Å²) in [5.74, 6) is -0.0199. The third kappa shape index (κ3) is 4.76. The number of benzene rings is 1. The van der Waals surface area contributed by atoms with Crippen LogP contribution in [0.2, 0.25) is 0 Å². The number of carbonyl (C=O) groups excluding carboxylic acids is 1. The summed E-state index contributed by atoms with van der Waals surface area (Å²) in [5.41, 5.74) is 2.74. The van der Waals surface area contributed by atoms with E-state index < -0.39 is 6.10 Å². The zero-order valence-electron chi connectivity index (χ0n) is 15.8. The van der Waals surface area contributed by atoms with Gasteiger partial charge in [0, 0.05) is 49.1 Å². The van der Waals surface area contributed by atoms with E-state index in [-0.39, 0.29) is 5.91 Å². The van der Waals surface area contributed by atoms with E-state index in [0.717, 1.165) is 34.6 Å². The zero-order chi connectivity index (χ0) is 19.3. The smallest absolute Gasteiger partial charge is 0.220 e. The summed E-state index contributed by atoms with van der Waals surface area (Å²) in [6.45, 7) is 2.69. The van der Waals surface area contributed by atoms with Crippen LogP contribution in [-0.4, -0.2) is 46.6 Å². The highest BCUT2D eigenvalue weighted by molar-refractivity contribution is 7.18. The third-order valence-corrected chi connectivity index (χ3v) is 6.28. The molecule has 2 N–H and O–H groups in total. The second kappa shape index (κ2) is 8.82. The van der Waals surface area contributed by atoms with Gasteiger partial charge in [0.05, 0.1) is 6.10 Å². The van der Waals surface area contributed by atoms with E-state index in [1.807, 2.05) is 12.1 Å². The third-order valence-electron chi connectivity index (χ3n) is 5.16. The van der Waals surface area contributed by atoms with E-state index in [0.29, 0.717) is 25.9 Å². The van der Waals surface area contributed by atoms with Crippen LogP contribution in [0.4, 0.5) is 0 Å².